The van der Waals surface area contributed by atoms with Crippen molar-refractivity contribution in [2.45, 2.75) is 0 Å². The summed E-state index contributed by atoms with van der Waals surface area (Å²) in [5.74, 6) is 2.02. The van der Waals surface area contributed by atoms with E-state index in [1.54, 1.807) is 0 Å². The number of halogens is 1. The zero-order chi connectivity index (χ0) is 10.8. The number of aromatic amines is 1. The maximum absolute atomic E-state index is 11.4. The van der Waals surface area contributed by atoms with Crippen LogP contribution in [0, 0.1) is 3.57 Å². The molecule has 0 amide bonds. The lowest BCUT2D eigenvalue weighted by Crippen LogP contribution is -2.39. The van der Waals surface area contributed by atoms with Gasteiger partial charge in [-0.1, -0.05) is 0 Å². The van der Waals surface area contributed by atoms with E-state index in [1.165, 1.54) is 6.33 Å². The standard InChI is InChI=1S/C8H10IN3O2S/c9-6-7(10-5-11-8(6)13)12-1-3-15(14)4-2-12/h5H,1-4H2,(H,10,11,13). The van der Waals surface area contributed by atoms with Crippen molar-refractivity contribution in [1.29, 1.82) is 0 Å². The third-order valence-corrected chi connectivity index (χ3v) is 4.50. The Morgan fingerprint density at radius 1 is 1.47 bits per heavy atom. The Kier molecular flexibility index (Phi) is 3.39. The van der Waals surface area contributed by atoms with Gasteiger partial charge in [-0.15, -0.1) is 0 Å². The minimum absolute atomic E-state index is 0.118. The SMILES string of the molecule is O=c1[nH]cnc(N2CCS(=O)CC2)c1I. The maximum atomic E-state index is 11.4. The lowest BCUT2D eigenvalue weighted by atomic mass is 10.4. The Balaban J connectivity index is 2.26. The van der Waals surface area contributed by atoms with Gasteiger partial charge in [-0.2, -0.15) is 0 Å². The molecule has 1 N–H and O–H groups in total. The van der Waals surface area contributed by atoms with Gasteiger partial charge in [0.1, 0.15) is 9.39 Å². The number of H-pyrrole nitrogens is 1. The van der Waals surface area contributed by atoms with Crippen molar-refractivity contribution in [3.63, 3.8) is 0 Å². The summed E-state index contributed by atoms with van der Waals surface area (Å²) >= 11 is 1.99. The van der Waals surface area contributed by atoms with E-state index in [-0.39, 0.29) is 5.56 Å². The summed E-state index contributed by atoms with van der Waals surface area (Å²) in [6.45, 7) is 1.41. The molecule has 15 heavy (non-hydrogen) atoms. The number of rotatable bonds is 1. The summed E-state index contributed by atoms with van der Waals surface area (Å²) in [5.41, 5.74) is -0.118. The predicted octanol–water partition coefficient (Wildman–Crippen LogP) is -0.0568. The Bertz CT molecular complexity index is 438. The van der Waals surface area contributed by atoms with Crippen molar-refractivity contribution in [3.05, 3.63) is 20.3 Å². The summed E-state index contributed by atoms with van der Waals surface area (Å²) in [6.07, 6.45) is 1.41. The minimum atomic E-state index is -0.704. The molecule has 82 valence electrons. The first kappa shape index (κ1) is 11.1. The number of nitrogens with zero attached hydrogens (tertiary/aromatic N) is 2. The predicted molar refractivity (Wildman–Crippen MR) is 67.7 cm³/mol. The van der Waals surface area contributed by atoms with Crippen LogP contribution < -0.4 is 10.5 Å². The Hall–Kier alpha value is -0.440. The van der Waals surface area contributed by atoms with Crippen molar-refractivity contribution in [2.75, 3.05) is 29.5 Å². The van der Waals surface area contributed by atoms with E-state index in [1.807, 2.05) is 27.5 Å². The molecular formula is C8H10IN3O2S. The molecule has 1 aliphatic heterocycles. The van der Waals surface area contributed by atoms with Gasteiger partial charge in [0.2, 0.25) is 0 Å². The van der Waals surface area contributed by atoms with Gasteiger partial charge in [-0.05, 0) is 22.6 Å². The summed E-state index contributed by atoms with van der Waals surface area (Å²) in [4.78, 5) is 20.0. The van der Waals surface area contributed by atoms with Gasteiger partial charge in [-0.3, -0.25) is 9.00 Å². The fraction of sp³-hybridized carbons (Fsp3) is 0.500. The Morgan fingerprint density at radius 3 is 2.80 bits per heavy atom. The van der Waals surface area contributed by atoms with Gasteiger partial charge in [0.25, 0.3) is 5.56 Å². The van der Waals surface area contributed by atoms with Gasteiger partial charge in [0, 0.05) is 35.4 Å². The van der Waals surface area contributed by atoms with Crippen LogP contribution in [0.2, 0.25) is 0 Å². The highest BCUT2D eigenvalue weighted by Gasteiger charge is 2.19. The van der Waals surface area contributed by atoms with E-state index in [2.05, 4.69) is 9.97 Å². The average Bonchev–Trinajstić information content (AvgIpc) is 2.24. The van der Waals surface area contributed by atoms with Crippen LogP contribution in [0.5, 0.6) is 0 Å². The fourth-order valence-corrected chi connectivity index (χ4v) is 3.13. The molecule has 0 aromatic carbocycles. The summed E-state index contributed by atoms with van der Waals surface area (Å²) in [6, 6.07) is 0. The van der Waals surface area contributed by atoms with Crippen LogP contribution in [-0.2, 0) is 10.8 Å². The number of aromatic nitrogens is 2. The molecule has 1 aromatic rings. The molecule has 0 atom stereocenters. The monoisotopic (exact) mass is 339 g/mol. The Labute approximate surface area is 103 Å². The molecule has 7 heteroatoms. The minimum Gasteiger partial charge on any atom is -0.354 e. The largest absolute Gasteiger partial charge is 0.354 e. The molecular weight excluding hydrogens is 329 g/mol. The van der Waals surface area contributed by atoms with Crippen LogP contribution in [0.3, 0.4) is 0 Å². The van der Waals surface area contributed by atoms with Crippen LogP contribution in [0.4, 0.5) is 5.82 Å². The molecule has 0 bridgehead atoms. The second-order valence-electron chi connectivity index (χ2n) is 3.20. The van der Waals surface area contributed by atoms with E-state index < -0.39 is 10.8 Å². The molecule has 0 aliphatic carbocycles. The van der Waals surface area contributed by atoms with E-state index in [0.29, 0.717) is 34.0 Å². The molecule has 2 heterocycles. The number of nitrogens with one attached hydrogen (secondary N) is 1. The first-order valence-electron chi connectivity index (χ1n) is 4.51. The number of anilines is 1. The molecule has 1 saturated heterocycles. The van der Waals surface area contributed by atoms with Crippen molar-refractivity contribution >= 4 is 39.2 Å². The maximum Gasteiger partial charge on any atom is 0.266 e. The first-order chi connectivity index (χ1) is 7.18. The van der Waals surface area contributed by atoms with E-state index in [9.17, 15) is 9.00 Å². The Morgan fingerprint density at radius 2 is 2.13 bits per heavy atom. The molecule has 2 rings (SSSR count). The van der Waals surface area contributed by atoms with Gasteiger partial charge in [-0.25, -0.2) is 4.98 Å². The highest BCUT2D eigenvalue weighted by molar-refractivity contribution is 14.1. The summed E-state index contributed by atoms with van der Waals surface area (Å²) in [7, 11) is -0.704. The van der Waals surface area contributed by atoms with Crippen molar-refractivity contribution < 1.29 is 4.21 Å². The molecule has 0 saturated carbocycles. The van der Waals surface area contributed by atoms with Crippen LogP contribution in [0.15, 0.2) is 11.1 Å². The van der Waals surface area contributed by atoms with Gasteiger partial charge in [0.05, 0.1) is 6.33 Å². The third-order valence-electron chi connectivity index (χ3n) is 2.26. The lowest BCUT2D eigenvalue weighted by Gasteiger charge is -2.27. The smallest absolute Gasteiger partial charge is 0.266 e. The molecule has 5 nitrogen and oxygen atoms in total. The van der Waals surface area contributed by atoms with Crippen molar-refractivity contribution in [2.24, 2.45) is 0 Å². The molecule has 0 radical (unpaired) electrons. The molecule has 1 aliphatic rings. The normalized spacial score (nSPS) is 18.1. The highest BCUT2D eigenvalue weighted by Crippen LogP contribution is 2.16. The average molecular weight is 339 g/mol. The van der Waals surface area contributed by atoms with Crippen LogP contribution in [-0.4, -0.2) is 38.8 Å². The van der Waals surface area contributed by atoms with Crippen LogP contribution >= 0.6 is 22.6 Å². The first-order valence-corrected chi connectivity index (χ1v) is 7.08. The lowest BCUT2D eigenvalue weighted by molar-refractivity contribution is 0.672. The second kappa shape index (κ2) is 4.60. The molecule has 1 aromatic heterocycles. The molecule has 1 fully saturated rings. The molecule has 0 unspecified atom stereocenters. The quantitative estimate of drug-likeness (QED) is 0.729. The van der Waals surface area contributed by atoms with Crippen molar-refractivity contribution in [1.82, 2.24) is 9.97 Å². The van der Waals surface area contributed by atoms with E-state index in [0.717, 1.165) is 0 Å². The number of hydrogen-bond donors (Lipinski definition) is 1. The number of hydrogen-bond acceptors (Lipinski definition) is 4. The summed E-state index contributed by atoms with van der Waals surface area (Å²) < 4.78 is 11.8. The fourth-order valence-electron chi connectivity index (χ4n) is 1.44. The zero-order valence-electron chi connectivity index (χ0n) is 7.90. The van der Waals surface area contributed by atoms with Crippen molar-refractivity contribution in [3.8, 4) is 0 Å². The highest BCUT2D eigenvalue weighted by atomic mass is 127. The van der Waals surface area contributed by atoms with Gasteiger partial charge < -0.3 is 9.88 Å². The van der Waals surface area contributed by atoms with E-state index in [4.69, 9.17) is 0 Å². The van der Waals surface area contributed by atoms with Gasteiger partial charge >= 0.3 is 0 Å². The second-order valence-corrected chi connectivity index (χ2v) is 5.98. The van der Waals surface area contributed by atoms with E-state index >= 15 is 0 Å². The molecule has 0 spiro atoms. The van der Waals surface area contributed by atoms with Gasteiger partial charge in [0.15, 0.2) is 0 Å². The van der Waals surface area contributed by atoms with Crippen LogP contribution in [0.25, 0.3) is 0 Å². The zero-order valence-corrected chi connectivity index (χ0v) is 10.9. The topological polar surface area (TPSA) is 66.1 Å². The third kappa shape index (κ3) is 2.39. The van der Waals surface area contributed by atoms with Crippen LogP contribution in [0.1, 0.15) is 0 Å². The summed E-state index contributed by atoms with van der Waals surface area (Å²) in [5, 5.41) is 0.